The molecule has 0 fully saturated rings. The molecule has 0 aliphatic carbocycles. The Balaban J connectivity index is 3.25. The predicted molar refractivity (Wildman–Crippen MR) is 90.9 cm³/mol. The number of hydrogen-bond donors (Lipinski definition) is 2. The van der Waals surface area contributed by atoms with Gasteiger partial charge in [-0.1, -0.05) is 0 Å². The van der Waals surface area contributed by atoms with Crippen molar-refractivity contribution in [3.8, 4) is 0 Å². The summed E-state index contributed by atoms with van der Waals surface area (Å²) in [5.74, 6) is -0.823. The molecule has 0 spiro atoms. The number of carbonyl (C=O) groups is 3. The molecule has 0 saturated carbocycles. The van der Waals surface area contributed by atoms with Crippen LogP contribution >= 0.6 is 0 Å². The molecule has 23 heavy (non-hydrogen) atoms. The minimum absolute atomic E-state index is 0.194. The summed E-state index contributed by atoms with van der Waals surface area (Å²) < 4.78 is 0. The fraction of sp³-hybridized carbons (Fsp3) is 0.500. The molecular weight excluding hydrogens is 292 g/mol. The van der Waals surface area contributed by atoms with E-state index >= 15 is 0 Å². The third-order valence-electron chi connectivity index (χ3n) is 2.84. The maximum atomic E-state index is 12.3. The van der Waals surface area contributed by atoms with Gasteiger partial charge in [0, 0.05) is 27.8 Å². The Bertz CT molecular complexity index is 588. The monoisotopic (exact) mass is 318 g/mol. The van der Waals surface area contributed by atoms with E-state index in [9.17, 15) is 14.4 Å². The van der Waals surface area contributed by atoms with Crippen LogP contribution in [0.25, 0.3) is 0 Å². The van der Waals surface area contributed by atoms with Gasteiger partial charge in [-0.3, -0.25) is 14.4 Å². The van der Waals surface area contributed by atoms with Gasteiger partial charge in [0.15, 0.2) is 5.78 Å². The lowest BCUT2D eigenvalue weighted by Gasteiger charge is -2.22. The Morgan fingerprint density at radius 3 is 1.26 bits per heavy atom. The fourth-order valence-corrected chi connectivity index (χ4v) is 1.92. The number of amides is 2. The van der Waals surface area contributed by atoms with Crippen LogP contribution < -0.4 is 10.6 Å². The summed E-state index contributed by atoms with van der Waals surface area (Å²) >= 11 is 0. The van der Waals surface area contributed by atoms with Gasteiger partial charge >= 0.3 is 0 Å². The molecule has 1 aromatic rings. The SMILES string of the molecule is CC(=O)c1cc(C(=O)NC(C)(C)C)cc(C(=O)NC(C)(C)C)c1. The van der Waals surface area contributed by atoms with Gasteiger partial charge in [-0.05, 0) is 66.7 Å². The van der Waals surface area contributed by atoms with E-state index in [1.165, 1.54) is 25.1 Å². The van der Waals surface area contributed by atoms with E-state index in [0.717, 1.165) is 0 Å². The lowest BCUT2D eigenvalue weighted by atomic mass is 10.00. The van der Waals surface area contributed by atoms with Crippen molar-refractivity contribution in [1.29, 1.82) is 0 Å². The topological polar surface area (TPSA) is 75.3 Å². The smallest absolute Gasteiger partial charge is 0.251 e. The summed E-state index contributed by atoms with van der Waals surface area (Å²) in [5.41, 5.74) is 0.123. The summed E-state index contributed by atoms with van der Waals surface area (Å²) in [6, 6.07) is 4.53. The maximum Gasteiger partial charge on any atom is 0.251 e. The minimum atomic E-state index is -0.406. The van der Waals surface area contributed by atoms with Crippen molar-refractivity contribution in [1.82, 2.24) is 10.6 Å². The van der Waals surface area contributed by atoms with Crippen LogP contribution in [-0.2, 0) is 0 Å². The van der Waals surface area contributed by atoms with Gasteiger partial charge in [0.25, 0.3) is 11.8 Å². The second-order valence-electron chi connectivity index (χ2n) is 7.76. The van der Waals surface area contributed by atoms with Crippen LogP contribution in [-0.4, -0.2) is 28.7 Å². The average molecular weight is 318 g/mol. The first-order valence-corrected chi connectivity index (χ1v) is 7.59. The van der Waals surface area contributed by atoms with Crippen molar-refractivity contribution in [2.75, 3.05) is 0 Å². The quantitative estimate of drug-likeness (QED) is 0.841. The van der Waals surface area contributed by atoms with Crippen LogP contribution in [0.2, 0.25) is 0 Å². The van der Waals surface area contributed by atoms with Gasteiger partial charge in [0.1, 0.15) is 0 Å². The van der Waals surface area contributed by atoms with Crippen LogP contribution in [0.3, 0.4) is 0 Å². The zero-order valence-corrected chi connectivity index (χ0v) is 15.0. The second-order valence-corrected chi connectivity index (χ2v) is 7.76. The number of nitrogens with one attached hydrogen (secondary N) is 2. The number of hydrogen-bond acceptors (Lipinski definition) is 3. The molecular formula is C18H26N2O3. The number of Topliss-reactive ketones (excluding diaryl/α,β-unsaturated/α-hetero) is 1. The molecule has 0 aromatic heterocycles. The zero-order valence-electron chi connectivity index (χ0n) is 15.0. The third kappa shape index (κ3) is 6.22. The summed E-state index contributed by atoms with van der Waals surface area (Å²) in [5, 5.41) is 5.67. The van der Waals surface area contributed by atoms with Crippen molar-refractivity contribution in [3.63, 3.8) is 0 Å². The molecule has 0 saturated heterocycles. The highest BCUT2D eigenvalue weighted by Crippen LogP contribution is 2.14. The number of ketones is 1. The van der Waals surface area contributed by atoms with Crippen LogP contribution in [0.4, 0.5) is 0 Å². The van der Waals surface area contributed by atoms with Crippen molar-refractivity contribution >= 4 is 17.6 Å². The first-order chi connectivity index (χ1) is 10.3. The largest absolute Gasteiger partial charge is 0.347 e. The first kappa shape index (κ1) is 18.9. The highest BCUT2D eigenvalue weighted by Gasteiger charge is 2.20. The number of carbonyl (C=O) groups excluding carboxylic acids is 3. The van der Waals surface area contributed by atoms with E-state index in [-0.39, 0.29) is 17.6 Å². The summed E-state index contributed by atoms with van der Waals surface area (Å²) in [6.07, 6.45) is 0. The Kier molecular flexibility index (Phi) is 5.35. The minimum Gasteiger partial charge on any atom is -0.347 e. The molecule has 126 valence electrons. The van der Waals surface area contributed by atoms with E-state index in [4.69, 9.17) is 0 Å². The Hall–Kier alpha value is -2.17. The zero-order chi connectivity index (χ0) is 18.0. The Labute approximate surface area is 137 Å². The van der Waals surface area contributed by atoms with Crippen molar-refractivity contribution in [3.05, 3.63) is 34.9 Å². The van der Waals surface area contributed by atoms with Crippen LogP contribution in [0, 0.1) is 0 Å². The van der Waals surface area contributed by atoms with E-state index in [1.807, 2.05) is 41.5 Å². The van der Waals surface area contributed by atoms with Crippen molar-refractivity contribution in [2.45, 2.75) is 59.5 Å². The van der Waals surface area contributed by atoms with E-state index in [0.29, 0.717) is 16.7 Å². The Morgan fingerprint density at radius 2 is 1.00 bits per heavy atom. The lowest BCUT2D eigenvalue weighted by Crippen LogP contribution is -2.41. The highest BCUT2D eigenvalue weighted by atomic mass is 16.2. The normalized spacial score (nSPS) is 11.8. The predicted octanol–water partition coefficient (Wildman–Crippen LogP) is 2.95. The van der Waals surface area contributed by atoms with Gasteiger partial charge in [0.05, 0.1) is 0 Å². The second kappa shape index (κ2) is 6.52. The molecule has 0 unspecified atom stereocenters. The summed E-state index contributed by atoms with van der Waals surface area (Å²) in [6.45, 7) is 12.6. The molecule has 1 aromatic carbocycles. The van der Waals surface area contributed by atoms with Crippen molar-refractivity contribution in [2.24, 2.45) is 0 Å². The number of rotatable bonds is 3. The third-order valence-corrected chi connectivity index (χ3v) is 2.84. The summed E-state index contributed by atoms with van der Waals surface area (Å²) in [7, 11) is 0. The lowest BCUT2D eigenvalue weighted by molar-refractivity contribution is 0.0918. The van der Waals surface area contributed by atoms with Crippen molar-refractivity contribution < 1.29 is 14.4 Å². The van der Waals surface area contributed by atoms with Crippen LogP contribution in [0.5, 0.6) is 0 Å². The van der Waals surface area contributed by atoms with Gasteiger partial charge in [-0.25, -0.2) is 0 Å². The Morgan fingerprint density at radius 1 is 0.696 bits per heavy atom. The number of benzene rings is 1. The van der Waals surface area contributed by atoms with Crippen LogP contribution in [0.15, 0.2) is 18.2 Å². The highest BCUT2D eigenvalue weighted by molar-refractivity contribution is 6.04. The van der Waals surface area contributed by atoms with E-state index < -0.39 is 11.1 Å². The molecule has 2 amide bonds. The molecule has 0 heterocycles. The van der Waals surface area contributed by atoms with E-state index in [2.05, 4.69) is 10.6 Å². The molecule has 5 nitrogen and oxygen atoms in total. The molecule has 0 bridgehead atoms. The summed E-state index contributed by atoms with van der Waals surface area (Å²) in [4.78, 5) is 36.4. The van der Waals surface area contributed by atoms with Gasteiger partial charge in [0.2, 0.25) is 0 Å². The molecule has 0 radical (unpaired) electrons. The maximum absolute atomic E-state index is 12.3. The van der Waals surface area contributed by atoms with E-state index in [1.54, 1.807) is 0 Å². The average Bonchev–Trinajstić information content (AvgIpc) is 2.34. The molecule has 0 aliphatic heterocycles. The van der Waals surface area contributed by atoms with Gasteiger partial charge in [-0.2, -0.15) is 0 Å². The van der Waals surface area contributed by atoms with Crippen LogP contribution in [0.1, 0.15) is 79.5 Å². The fourth-order valence-electron chi connectivity index (χ4n) is 1.92. The molecule has 0 atom stereocenters. The van der Waals surface area contributed by atoms with Gasteiger partial charge < -0.3 is 10.6 Å². The molecule has 1 rings (SSSR count). The molecule has 2 N–H and O–H groups in total. The molecule has 0 aliphatic rings. The van der Waals surface area contributed by atoms with Gasteiger partial charge in [-0.15, -0.1) is 0 Å². The standard InChI is InChI=1S/C18H26N2O3/c1-11(21)12-8-13(15(22)19-17(2,3)4)10-14(9-12)16(23)20-18(5,6)7/h8-10H,1-7H3,(H,19,22)(H,20,23). The first-order valence-electron chi connectivity index (χ1n) is 7.59. The molecule has 5 heteroatoms.